The second-order valence-corrected chi connectivity index (χ2v) is 4.15. The first-order valence-electron chi connectivity index (χ1n) is 5.30. The molecule has 0 amide bonds. The van der Waals surface area contributed by atoms with Crippen LogP contribution in [0.15, 0.2) is 11.8 Å². The molecule has 0 aromatic rings. The highest BCUT2D eigenvalue weighted by molar-refractivity contribution is 5.92. The van der Waals surface area contributed by atoms with Crippen LogP contribution in [0.3, 0.4) is 0 Å². The summed E-state index contributed by atoms with van der Waals surface area (Å²) in [6.07, 6.45) is 7.10. The molecule has 3 nitrogen and oxygen atoms in total. The second kappa shape index (κ2) is 4.13. The summed E-state index contributed by atoms with van der Waals surface area (Å²) in [5, 5.41) is 3.43. The lowest BCUT2D eigenvalue weighted by Gasteiger charge is -2.14. The third kappa shape index (κ3) is 2.15. The average molecular weight is 195 g/mol. The molecule has 0 aromatic heterocycles. The fourth-order valence-electron chi connectivity index (χ4n) is 2.26. The van der Waals surface area contributed by atoms with Crippen LogP contribution in [-0.4, -0.2) is 25.0 Å². The molecular weight excluding hydrogens is 178 g/mol. The Morgan fingerprint density at radius 1 is 1.43 bits per heavy atom. The maximum absolute atomic E-state index is 11.0. The average Bonchev–Trinajstić information content (AvgIpc) is 2.76. The van der Waals surface area contributed by atoms with Crippen molar-refractivity contribution in [3.63, 3.8) is 0 Å². The van der Waals surface area contributed by atoms with Crippen LogP contribution in [-0.2, 0) is 9.53 Å². The van der Waals surface area contributed by atoms with E-state index in [1.165, 1.54) is 0 Å². The van der Waals surface area contributed by atoms with Gasteiger partial charge in [-0.1, -0.05) is 0 Å². The summed E-state index contributed by atoms with van der Waals surface area (Å²) < 4.78 is 5.30. The lowest BCUT2D eigenvalue weighted by atomic mass is 10.2. The summed E-state index contributed by atoms with van der Waals surface area (Å²) in [6, 6.07) is 0.511. The molecule has 0 saturated heterocycles. The first-order valence-corrected chi connectivity index (χ1v) is 5.30. The zero-order valence-corrected chi connectivity index (χ0v) is 8.58. The SMILES string of the molecule is COC1CCC(NC2=CC(=O)CC2)C1. The number of methoxy groups -OCH3 is 1. The van der Waals surface area contributed by atoms with Gasteiger partial charge in [-0.2, -0.15) is 0 Å². The molecule has 0 radical (unpaired) electrons. The lowest BCUT2D eigenvalue weighted by Crippen LogP contribution is -2.25. The normalized spacial score (nSPS) is 32.1. The summed E-state index contributed by atoms with van der Waals surface area (Å²) in [5.74, 6) is 0.258. The summed E-state index contributed by atoms with van der Waals surface area (Å²) in [7, 11) is 1.77. The molecule has 0 aromatic carbocycles. The highest BCUT2D eigenvalue weighted by atomic mass is 16.5. The van der Waals surface area contributed by atoms with E-state index < -0.39 is 0 Å². The minimum absolute atomic E-state index is 0.258. The molecule has 0 bridgehead atoms. The number of carbonyl (C=O) groups excluding carboxylic acids is 1. The number of carbonyl (C=O) groups is 1. The minimum atomic E-state index is 0.258. The van der Waals surface area contributed by atoms with Gasteiger partial charge in [0.15, 0.2) is 5.78 Å². The van der Waals surface area contributed by atoms with Gasteiger partial charge >= 0.3 is 0 Å². The van der Waals surface area contributed by atoms with Crippen molar-refractivity contribution >= 4 is 5.78 Å². The Bertz CT molecular complexity index is 260. The summed E-state index contributed by atoms with van der Waals surface area (Å²) in [5.41, 5.74) is 1.12. The first kappa shape index (κ1) is 9.71. The van der Waals surface area contributed by atoms with Gasteiger partial charge in [-0.05, 0) is 25.7 Å². The molecule has 1 fully saturated rings. The maximum Gasteiger partial charge on any atom is 0.157 e. The molecule has 2 unspecified atom stereocenters. The fourth-order valence-corrected chi connectivity index (χ4v) is 2.26. The van der Waals surface area contributed by atoms with E-state index >= 15 is 0 Å². The van der Waals surface area contributed by atoms with Crippen molar-refractivity contribution in [2.75, 3.05) is 7.11 Å². The Morgan fingerprint density at radius 2 is 2.29 bits per heavy atom. The molecule has 1 saturated carbocycles. The molecule has 3 heteroatoms. The second-order valence-electron chi connectivity index (χ2n) is 4.15. The zero-order chi connectivity index (χ0) is 9.97. The minimum Gasteiger partial charge on any atom is -0.385 e. The topological polar surface area (TPSA) is 38.3 Å². The third-order valence-electron chi connectivity index (χ3n) is 3.08. The van der Waals surface area contributed by atoms with E-state index in [4.69, 9.17) is 4.74 Å². The smallest absolute Gasteiger partial charge is 0.157 e. The predicted octanol–water partition coefficient (Wildman–Crippen LogP) is 1.39. The molecule has 2 aliphatic carbocycles. The number of ketones is 1. The predicted molar refractivity (Wildman–Crippen MR) is 53.9 cm³/mol. The zero-order valence-electron chi connectivity index (χ0n) is 8.58. The molecule has 14 heavy (non-hydrogen) atoms. The maximum atomic E-state index is 11.0. The van der Waals surface area contributed by atoms with E-state index in [0.717, 1.165) is 31.4 Å². The Hall–Kier alpha value is -0.830. The highest BCUT2D eigenvalue weighted by Crippen LogP contribution is 2.23. The Labute approximate surface area is 84.5 Å². The molecule has 0 heterocycles. The van der Waals surface area contributed by atoms with Crippen molar-refractivity contribution in [3.8, 4) is 0 Å². The largest absolute Gasteiger partial charge is 0.385 e. The number of allylic oxidation sites excluding steroid dienone is 2. The molecule has 78 valence electrons. The van der Waals surface area contributed by atoms with Gasteiger partial charge in [0.25, 0.3) is 0 Å². The van der Waals surface area contributed by atoms with Crippen LogP contribution in [0.5, 0.6) is 0 Å². The van der Waals surface area contributed by atoms with Gasteiger partial charge in [0, 0.05) is 31.3 Å². The molecular formula is C11H17NO2. The van der Waals surface area contributed by atoms with Gasteiger partial charge in [-0.15, -0.1) is 0 Å². The van der Waals surface area contributed by atoms with E-state index in [2.05, 4.69) is 5.32 Å². The number of hydrogen-bond acceptors (Lipinski definition) is 3. The van der Waals surface area contributed by atoms with Crippen LogP contribution in [0.2, 0.25) is 0 Å². The number of rotatable bonds is 3. The number of ether oxygens (including phenoxy) is 1. The quantitative estimate of drug-likeness (QED) is 0.739. The molecule has 0 spiro atoms. The Morgan fingerprint density at radius 3 is 2.86 bits per heavy atom. The first-order chi connectivity index (χ1) is 6.78. The van der Waals surface area contributed by atoms with Crippen molar-refractivity contribution < 1.29 is 9.53 Å². The molecule has 2 atom stereocenters. The molecule has 1 N–H and O–H groups in total. The molecule has 2 aliphatic rings. The van der Waals surface area contributed by atoms with Crippen LogP contribution in [0.1, 0.15) is 32.1 Å². The van der Waals surface area contributed by atoms with Crippen LogP contribution >= 0.6 is 0 Å². The molecule has 2 rings (SSSR count). The van der Waals surface area contributed by atoms with Crippen LogP contribution in [0.4, 0.5) is 0 Å². The van der Waals surface area contributed by atoms with Crippen LogP contribution in [0, 0.1) is 0 Å². The van der Waals surface area contributed by atoms with Crippen molar-refractivity contribution in [2.24, 2.45) is 0 Å². The van der Waals surface area contributed by atoms with Crippen molar-refractivity contribution in [2.45, 2.75) is 44.2 Å². The highest BCUT2D eigenvalue weighted by Gasteiger charge is 2.25. The van der Waals surface area contributed by atoms with Gasteiger partial charge in [-0.3, -0.25) is 4.79 Å². The van der Waals surface area contributed by atoms with Gasteiger partial charge in [0.2, 0.25) is 0 Å². The van der Waals surface area contributed by atoms with E-state index in [9.17, 15) is 4.79 Å². The van der Waals surface area contributed by atoms with Crippen molar-refractivity contribution in [1.29, 1.82) is 0 Å². The van der Waals surface area contributed by atoms with E-state index in [-0.39, 0.29) is 5.78 Å². The fraction of sp³-hybridized carbons (Fsp3) is 0.727. The number of nitrogens with one attached hydrogen (secondary N) is 1. The standard InChI is InChI=1S/C11H17NO2/c1-14-11-5-3-9(7-11)12-8-2-4-10(13)6-8/h6,9,11-12H,2-5,7H2,1H3. The monoisotopic (exact) mass is 195 g/mol. The van der Waals surface area contributed by atoms with E-state index in [0.29, 0.717) is 18.6 Å². The van der Waals surface area contributed by atoms with Crippen molar-refractivity contribution in [3.05, 3.63) is 11.8 Å². The van der Waals surface area contributed by atoms with Gasteiger partial charge in [-0.25, -0.2) is 0 Å². The van der Waals surface area contributed by atoms with Crippen LogP contribution < -0.4 is 5.32 Å². The Balaban J connectivity index is 1.82. The van der Waals surface area contributed by atoms with Crippen molar-refractivity contribution in [1.82, 2.24) is 5.32 Å². The van der Waals surface area contributed by atoms with E-state index in [1.807, 2.05) is 0 Å². The van der Waals surface area contributed by atoms with E-state index in [1.54, 1.807) is 13.2 Å². The van der Waals surface area contributed by atoms with Gasteiger partial charge in [0.1, 0.15) is 0 Å². The van der Waals surface area contributed by atoms with Crippen LogP contribution in [0.25, 0.3) is 0 Å². The summed E-state index contributed by atoms with van der Waals surface area (Å²) in [4.78, 5) is 11.0. The van der Waals surface area contributed by atoms with Gasteiger partial charge < -0.3 is 10.1 Å². The molecule has 0 aliphatic heterocycles. The Kier molecular flexibility index (Phi) is 2.87. The summed E-state index contributed by atoms with van der Waals surface area (Å²) >= 11 is 0. The lowest BCUT2D eigenvalue weighted by molar-refractivity contribution is -0.114. The third-order valence-corrected chi connectivity index (χ3v) is 3.08. The van der Waals surface area contributed by atoms with Gasteiger partial charge in [0.05, 0.1) is 6.10 Å². The summed E-state index contributed by atoms with van der Waals surface area (Å²) in [6.45, 7) is 0. The number of hydrogen-bond donors (Lipinski definition) is 1.